The van der Waals surface area contributed by atoms with E-state index in [9.17, 15) is 45.6 Å². The van der Waals surface area contributed by atoms with E-state index in [-0.39, 0.29) is 18.9 Å². The summed E-state index contributed by atoms with van der Waals surface area (Å²) in [5.74, 6) is -0.256. The quantitative estimate of drug-likeness (QED) is 0.0204. The molecule has 1 amide bonds. The Balaban J connectivity index is 1.75. The van der Waals surface area contributed by atoms with Gasteiger partial charge in [0, 0.05) is 6.42 Å². The third-order valence-corrected chi connectivity index (χ3v) is 15.5. The maximum absolute atomic E-state index is 13.3. The number of amides is 1. The number of hydrogen-bond donors (Lipinski definition) is 9. The molecule has 9 N–H and O–H groups in total. The summed E-state index contributed by atoms with van der Waals surface area (Å²) >= 11 is 0. The van der Waals surface area contributed by atoms with Gasteiger partial charge in [0.25, 0.3) is 0 Å². The molecule has 0 radical (unpaired) electrons. The summed E-state index contributed by atoms with van der Waals surface area (Å²) in [6, 6.07) is -0.937. The molecule has 2 rings (SSSR count). The molecule has 12 unspecified atom stereocenters. The van der Waals surface area contributed by atoms with E-state index in [4.69, 9.17) is 18.9 Å². The van der Waals surface area contributed by atoms with Crippen LogP contribution in [0, 0.1) is 0 Å². The number of aliphatic hydroxyl groups excluding tert-OH is 8. The van der Waals surface area contributed by atoms with Gasteiger partial charge in [0.1, 0.15) is 48.8 Å². The number of hydrogen-bond acceptors (Lipinski definition) is 13. The highest BCUT2D eigenvalue weighted by Gasteiger charge is 2.51. The minimum absolute atomic E-state index is 0.256. The molecule has 78 heavy (non-hydrogen) atoms. The average molecular weight is 1110 g/mol. The zero-order valence-electron chi connectivity index (χ0n) is 49.2. The van der Waals surface area contributed by atoms with Gasteiger partial charge in [0.15, 0.2) is 12.6 Å². The van der Waals surface area contributed by atoms with E-state index in [2.05, 4.69) is 55.6 Å². The fourth-order valence-electron chi connectivity index (χ4n) is 10.3. The van der Waals surface area contributed by atoms with Crippen LogP contribution in [0.25, 0.3) is 0 Å². The first-order valence-electron chi connectivity index (χ1n) is 31.9. The minimum Gasteiger partial charge on any atom is -0.394 e. The average Bonchev–Trinajstić information content (AvgIpc) is 3.48. The third-order valence-electron chi connectivity index (χ3n) is 15.5. The molecule has 0 saturated carbocycles. The summed E-state index contributed by atoms with van der Waals surface area (Å²) in [5, 5.41) is 87.2. The van der Waals surface area contributed by atoms with Crippen molar-refractivity contribution in [2.45, 2.75) is 331 Å². The van der Waals surface area contributed by atoms with E-state index in [0.717, 1.165) is 51.4 Å². The highest BCUT2D eigenvalue weighted by Crippen LogP contribution is 2.30. The lowest BCUT2D eigenvalue weighted by Crippen LogP contribution is -2.65. The Hall–Kier alpha value is -2.05. The van der Waals surface area contributed by atoms with Gasteiger partial charge in [-0.15, -0.1) is 0 Å². The molecule has 14 nitrogen and oxygen atoms in total. The molecule has 0 bridgehead atoms. The van der Waals surface area contributed by atoms with Crippen molar-refractivity contribution in [2.24, 2.45) is 0 Å². The first-order valence-corrected chi connectivity index (χ1v) is 31.9. The molecular formula is C64H117NO13. The molecule has 456 valence electrons. The number of unbranched alkanes of at least 4 members (excludes halogenated alkanes) is 32. The van der Waals surface area contributed by atoms with E-state index in [1.54, 1.807) is 6.08 Å². The van der Waals surface area contributed by atoms with Crippen LogP contribution in [0.1, 0.15) is 258 Å². The van der Waals surface area contributed by atoms with Crippen LogP contribution in [-0.2, 0) is 23.7 Å². The lowest BCUT2D eigenvalue weighted by atomic mass is 9.97. The number of allylic oxidation sites excluding steroid dienone is 7. The summed E-state index contributed by atoms with van der Waals surface area (Å²) in [5.41, 5.74) is 0. The summed E-state index contributed by atoms with van der Waals surface area (Å²) in [4.78, 5) is 13.3. The minimum atomic E-state index is -1.79. The van der Waals surface area contributed by atoms with Gasteiger partial charge in [-0.2, -0.15) is 0 Å². The normalized spacial score (nSPS) is 24.8. The van der Waals surface area contributed by atoms with Gasteiger partial charge in [0.05, 0.1) is 32.0 Å². The summed E-state index contributed by atoms with van der Waals surface area (Å²) < 4.78 is 22.8. The van der Waals surface area contributed by atoms with E-state index in [1.165, 1.54) is 173 Å². The highest BCUT2D eigenvalue weighted by molar-refractivity contribution is 5.76. The smallest absolute Gasteiger partial charge is 0.220 e. The molecule has 2 heterocycles. The Labute approximate surface area is 473 Å². The highest BCUT2D eigenvalue weighted by atomic mass is 16.7. The van der Waals surface area contributed by atoms with Crippen molar-refractivity contribution in [2.75, 3.05) is 19.8 Å². The van der Waals surface area contributed by atoms with Crippen molar-refractivity contribution in [1.29, 1.82) is 0 Å². The molecule has 2 saturated heterocycles. The van der Waals surface area contributed by atoms with Crippen molar-refractivity contribution in [3.05, 3.63) is 48.6 Å². The molecule has 2 aliphatic rings. The van der Waals surface area contributed by atoms with Gasteiger partial charge in [-0.05, 0) is 64.2 Å². The number of carbonyl (C=O) groups excluding carboxylic acids is 1. The largest absolute Gasteiger partial charge is 0.394 e. The first kappa shape index (κ1) is 72.1. The second kappa shape index (κ2) is 49.5. The van der Waals surface area contributed by atoms with Crippen molar-refractivity contribution in [3.63, 3.8) is 0 Å². The molecule has 0 aromatic heterocycles. The topological polar surface area (TPSA) is 228 Å². The SMILES string of the molecule is CCCCCC/C=C\C/C=C\CCCCCCCCCC(=O)NC(COC1OC(CO)C(OC2OC(CO)C(O)C(O)C2O)C(O)C1O)C(O)/C=C/CC/C=C/CCCCCCCCCCCCCCCCCCCCCC. The number of ether oxygens (including phenoxy) is 4. The standard InChI is InChI=1S/C64H117NO13/c1-3-5-7-9-11-13-15-17-19-21-23-24-25-26-27-28-29-30-31-33-35-37-39-41-43-45-47-53(68)52(65-56(69)48-46-44-42-40-38-36-34-32-22-20-18-16-14-12-10-8-6-4-2)51-75-63-61(74)59(72)62(55(50-67)77-63)78-64-60(73)58(71)57(70)54(49-66)76-64/h14,16,20,22,37,39,45,47,52-55,57-64,66-68,70-74H,3-13,15,17-19,21,23-36,38,40-44,46,48-51H2,1-2H3,(H,65,69)/b16-14-,22-20-,39-37+,47-45+. The number of nitrogens with one attached hydrogen (secondary N) is 1. The van der Waals surface area contributed by atoms with Crippen molar-refractivity contribution in [1.82, 2.24) is 5.32 Å². The molecule has 2 fully saturated rings. The molecule has 2 aliphatic heterocycles. The van der Waals surface area contributed by atoms with Gasteiger partial charge in [-0.25, -0.2) is 0 Å². The van der Waals surface area contributed by atoms with Crippen LogP contribution in [0.5, 0.6) is 0 Å². The van der Waals surface area contributed by atoms with E-state index < -0.39 is 86.8 Å². The molecule has 0 aromatic rings. The molecular weight excluding hydrogens is 991 g/mol. The van der Waals surface area contributed by atoms with Crippen LogP contribution in [0.3, 0.4) is 0 Å². The van der Waals surface area contributed by atoms with Gasteiger partial charge in [0.2, 0.25) is 5.91 Å². The van der Waals surface area contributed by atoms with Crippen LogP contribution in [0.15, 0.2) is 48.6 Å². The van der Waals surface area contributed by atoms with Gasteiger partial charge in [-0.3, -0.25) is 4.79 Å². The molecule has 0 aliphatic carbocycles. The van der Waals surface area contributed by atoms with Gasteiger partial charge < -0.3 is 65.1 Å². The maximum atomic E-state index is 13.3. The zero-order chi connectivity index (χ0) is 56.7. The second-order valence-corrected chi connectivity index (χ2v) is 22.5. The van der Waals surface area contributed by atoms with E-state index in [1.807, 2.05) is 6.08 Å². The van der Waals surface area contributed by atoms with Crippen molar-refractivity contribution < 1.29 is 64.6 Å². The molecule has 14 heteroatoms. The molecule has 0 aromatic carbocycles. The summed E-state index contributed by atoms with van der Waals surface area (Å²) in [7, 11) is 0. The first-order chi connectivity index (χ1) is 38.1. The zero-order valence-corrected chi connectivity index (χ0v) is 49.2. The second-order valence-electron chi connectivity index (χ2n) is 22.5. The Morgan fingerprint density at radius 2 is 0.859 bits per heavy atom. The predicted molar refractivity (Wildman–Crippen MR) is 314 cm³/mol. The summed E-state index contributed by atoms with van der Waals surface area (Å²) in [6.45, 7) is 2.78. The van der Waals surface area contributed by atoms with Crippen molar-refractivity contribution in [3.8, 4) is 0 Å². The lowest BCUT2D eigenvalue weighted by molar-refractivity contribution is -0.359. The number of aliphatic hydroxyl groups is 8. The predicted octanol–water partition coefficient (Wildman–Crippen LogP) is 11.6. The monoisotopic (exact) mass is 1110 g/mol. The Morgan fingerprint density at radius 1 is 0.462 bits per heavy atom. The Morgan fingerprint density at radius 3 is 1.35 bits per heavy atom. The fourth-order valence-corrected chi connectivity index (χ4v) is 10.3. The van der Waals surface area contributed by atoms with Gasteiger partial charge >= 0.3 is 0 Å². The maximum Gasteiger partial charge on any atom is 0.220 e. The molecule has 0 spiro atoms. The summed E-state index contributed by atoms with van der Waals surface area (Å²) in [6.07, 6.45) is 45.9. The van der Waals surface area contributed by atoms with Crippen LogP contribution >= 0.6 is 0 Å². The van der Waals surface area contributed by atoms with E-state index >= 15 is 0 Å². The molecule has 12 atom stereocenters. The van der Waals surface area contributed by atoms with Crippen LogP contribution in [0.4, 0.5) is 0 Å². The van der Waals surface area contributed by atoms with E-state index in [0.29, 0.717) is 12.8 Å². The van der Waals surface area contributed by atoms with Gasteiger partial charge in [-0.1, -0.05) is 236 Å². The van der Waals surface area contributed by atoms with Crippen molar-refractivity contribution >= 4 is 5.91 Å². The Bertz CT molecular complexity index is 1490. The Kier molecular flexibility index (Phi) is 45.8. The third kappa shape index (κ3) is 34.4. The van der Waals surface area contributed by atoms with Crippen LogP contribution in [0.2, 0.25) is 0 Å². The number of carbonyl (C=O) groups is 1. The van der Waals surface area contributed by atoms with Crippen LogP contribution < -0.4 is 5.32 Å². The lowest BCUT2D eigenvalue weighted by Gasteiger charge is -2.46. The van der Waals surface area contributed by atoms with Crippen LogP contribution in [-0.4, -0.2) is 140 Å². The number of rotatable bonds is 51. The fraction of sp³-hybridized carbons (Fsp3) is 0.859.